The van der Waals surface area contributed by atoms with E-state index in [1.54, 1.807) is 24.3 Å². The molecular weight excluding hydrogens is 358 g/mol. The van der Waals surface area contributed by atoms with Crippen LogP contribution in [-0.4, -0.2) is 20.7 Å². The van der Waals surface area contributed by atoms with Gasteiger partial charge in [0.1, 0.15) is 0 Å². The number of benzene rings is 2. The van der Waals surface area contributed by atoms with Gasteiger partial charge in [-0.05, 0) is 30.3 Å². The number of ketones is 1. The van der Waals surface area contributed by atoms with Crippen LogP contribution in [0, 0.1) is 10.1 Å². The largest absolute Gasteiger partial charge is 0.293 e. The van der Waals surface area contributed by atoms with E-state index in [-0.39, 0.29) is 17.2 Å². The third-order valence-electron chi connectivity index (χ3n) is 2.72. The highest BCUT2D eigenvalue weighted by atomic mass is 79.9. The number of carbonyl (C=O) groups excluding carboxylic acids is 1. The van der Waals surface area contributed by atoms with E-state index >= 15 is 0 Å². The van der Waals surface area contributed by atoms with Gasteiger partial charge in [0.05, 0.1) is 21.5 Å². The summed E-state index contributed by atoms with van der Waals surface area (Å²) in [5.41, 5.74) is 0.226. The first kappa shape index (κ1) is 15.5. The molecule has 0 amide bonds. The summed E-state index contributed by atoms with van der Waals surface area (Å²) in [4.78, 5) is 22.6. The van der Waals surface area contributed by atoms with Crippen LogP contribution >= 0.6 is 15.9 Å². The average Bonchev–Trinajstić information content (AvgIpc) is 2.47. The summed E-state index contributed by atoms with van der Waals surface area (Å²) < 4.78 is 12.9. The zero-order valence-electron chi connectivity index (χ0n) is 10.7. The van der Waals surface area contributed by atoms with Crippen LogP contribution in [0.3, 0.4) is 0 Å². The van der Waals surface area contributed by atoms with E-state index in [0.717, 1.165) is 4.47 Å². The SMILES string of the molecule is O=C(CS(=O)c1cccc(Br)c1)c1ccc([N+](=O)[O-])cc1. The predicted octanol–water partition coefficient (Wildman–Crippen LogP) is 3.35. The molecule has 0 radical (unpaired) electrons. The molecule has 0 saturated carbocycles. The summed E-state index contributed by atoms with van der Waals surface area (Å²) in [5.74, 6) is -0.475. The molecule has 5 nitrogen and oxygen atoms in total. The van der Waals surface area contributed by atoms with Crippen LogP contribution in [-0.2, 0) is 10.8 Å². The minimum Gasteiger partial charge on any atom is -0.293 e. The number of non-ortho nitro benzene ring substituents is 1. The van der Waals surface area contributed by atoms with Crippen LogP contribution in [0.4, 0.5) is 5.69 Å². The number of Topliss-reactive ketones (excluding diaryl/α,β-unsaturated/α-hetero) is 1. The van der Waals surface area contributed by atoms with Gasteiger partial charge in [-0.3, -0.25) is 19.1 Å². The maximum absolute atomic E-state index is 12.1. The van der Waals surface area contributed by atoms with Gasteiger partial charge in [-0.25, -0.2) is 0 Å². The number of nitro groups is 1. The van der Waals surface area contributed by atoms with Crippen molar-refractivity contribution in [3.63, 3.8) is 0 Å². The van der Waals surface area contributed by atoms with Crippen LogP contribution < -0.4 is 0 Å². The molecule has 0 aromatic heterocycles. The lowest BCUT2D eigenvalue weighted by molar-refractivity contribution is -0.384. The zero-order valence-corrected chi connectivity index (χ0v) is 13.1. The van der Waals surface area contributed by atoms with Gasteiger partial charge in [0.15, 0.2) is 5.78 Å². The van der Waals surface area contributed by atoms with Crippen molar-refractivity contribution in [1.29, 1.82) is 0 Å². The van der Waals surface area contributed by atoms with Gasteiger partial charge in [0.25, 0.3) is 5.69 Å². The summed E-state index contributed by atoms with van der Waals surface area (Å²) in [7, 11) is -1.45. The number of nitro benzene ring substituents is 1. The number of carbonyl (C=O) groups is 1. The molecule has 0 aliphatic rings. The lowest BCUT2D eigenvalue weighted by Crippen LogP contribution is -2.11. The third kappa shape index (κ3) is 4.05. The smallest absolute Gasteiger partial charge is 0.269 e. The zero-order chi connectivity index (χ0) is 15.4. The van der Waals surface area contributed by atoms with E-state index in [2.05, 4.69) is 15.9 Å². The molecule has 0 saturated heterocycles. The first-order chi connectivity index (χ1) is 9.97. The molecule has 0 N–H and O–H groups in total. The molecule has 0 aliphatic carbocycles. The summed E-state index contributed by atoms with van der Waals surface area (Å²) in [6.07, 6.45) is 0. The molecule has 2 aromatic carbocycles. The van der Waals surface area contributed by atoms with E-state index in [9.17, 15) is 19.1 Å². The van der Waals surface area contributed by atoms with Crippen molar-refractivity contribution in [1.82, 2.24) is 0 Å². The number of rotatable bonds is 5. The number of hydrogen-bond acceptors (Lipinski definition) is 4. The van der Waals surface area contributed by atoms with Gasteiger partial charge in [0, 0.05) is 27.1 Å². The van der Waals surface area contributed by atoms with Crippen molar-refractivity contribution in [2.24, 2.45) is 0 Å². The fraction of sp³-hybridized carbons (Fsp3) is 0.0714. The summed E-state index contributed by atoms with van der Waals surface area (Å²) in [5, 5.41) is 10.5. The first-order valence-electron chi connectivity index (χ1n) is 5.89. The number of nitrogens with zero attached hydrogens (tertiary/aromatic N) is 1. The Bertz CT molecular complexity index is 715. The van der Waals surface area contributed by atoms with Gasteiger partial charge in [-0.2, -0.15) is 0 Å². The maximum atomic E-state index is 12.1. The monoisotopic (exact) mass is 367 g/mol. The van der Waals surface area contributed by atoms with Crippen molar-refractivity contribution in [2.75, 3.05) is 5.75 Å². The van der Waals surface area contributed by atoms with Crippen LogP contribution in [0.1, 0.15) is 10.4 Å². The Morgan fingerprint density at radius 2 is 1.86 bits per heavy atom. The lowest BCUT2D eigenvalue weighted by atomic mass is 10.1. The van der Waals surface area contributed by atoms with Crippen LogP contribution in [0.2, 0.25) is 0 Å². The average molecular weight is 368 g/mol. The Hall–Kier alpha value is -1.86. The van der Waals surface area contributed by atoms with Gasteiger partial charge in [0.2, 0.25) is 0 Å². The van der Waals surface area contributed by atoms with Crippen LogP contribution in [0.25, 0.3) is 0 Å². The highest BCUT2D eigenvalue weighted by Crippen LogP contribution is 2.17. The fourth-order valence-corrected chi connectivity index (χ4v) is 3.27. The van der Waals surface area contributed by atoms with Crippen LogP contribution in [0.15, 0.2) is 57.9 Å². The van der Waals surface area contributed by atoms with Crippen molar-refractivity contribution in [3.8, 4) is 0 Å². The standard InChI is InChI=1S/C14H10BrNO4S/c15-11-2-1-3-13(8-11)21(20)9-14(17)10-4-6-12(7-5-10)16(18)19/h1-8H,9H2. The molecule has 2 rings (SSSR count). The van der Waals surface area contributed by atoms with Gasteiger partial charge in [-0.15, -0.1) is 0 Å². The Morgan fingerprint density at radius 1 is 1.19 bits per heavy atom. The molecule has 1 atom stereocenters. The normalized spacial score (nSPS) is 11.9. The molecule has 0 fully saturated rings. The molecule has 2 aromatic rings. The topological polar surface area (TPSA) is 77.3 Å². The highest BCUT2D eigenvalue weighted by Gasteiger charge is 2.14. The lowest BCUT2D eigenvalue weighted by Gasteiger charge is -2.03. The predicted molar refractivity (Wildman–Crippen MR) is 82.8 cm³/mol. The van der Waals surface area contributed by atoms with Crippen molar-refractivity contribution >= 4 is 38.2 Å². The second-order valence-corrected chi connectivity index (χ2v) is 6.54. The Morgan fingerprint density at radius 3 is 2.43 bits per heavy atom. The molecule has 21 heavy (non-hydrogen) atoms. The minimum atomic E-state index is -1.45. The van der Waals surface area contributed by atoms with Gasteiger partial charge in [-0.1, -0.05) is 22.0 Å². The quantitative estimate of drug-likeness (QED) is 0.461. The molecule has 7 heteroatoms. The summed E-state index contributed by atoms with van der Waals surface area (Å²) in [6, 6.07) is 12.2. The van der Waals surface area contributed by atoms with Crippen LogP contribution in [0.5, 0.6) is 0 Å². The molecular formula is C14H10BrNO4S. The van der Waals surface area contributed by atoms with E-state index in [1.807, 2.05) is 0 Å². The van der Waals surface area contributed by atoms with E-state index in [4.69, 9.17) is 0 Å². The van der Waals surface area contributed by atoms with E-state index in [0.29, 0.717) is 10.5 Å². The van der Waals surface area contributed by atoms with E-state index < -0.39 is 15.7 Å². The molecule has 0 bridgehead atoms. The number of halogens is 1. The Kier molecular flexibility index (Phi) is 4.98. The molecule has 0 aliphatic heterocycles. The first-order valence-corrected chi connectivity index (χ1v) is 8.00. The van der Waals surface area contributed by atoms with Crippen molar-refractivity contribution in [3.05, 3.63) is 68.7 Å². The second-order valence-electron chi connectivity index (χ2n) is 4.17. The molecule has 1 unspecified atom stereocenters. The van der Waals surface area contributed by atoms with Crippen molar-refractivity contribution in [2.45, 2.75) is 4.90 Å². The van der Waals surface area contributed by atoms with Gasteiger partial charge >= 0.3 is 0 Å². The Labute approximate surface area is 131 Å². The molecule has 0 spiro atoms. The van der Waals surface area contributed by atoms with E-state index in [1.165, 1.54) is 24.3 Å². The fourth-order valence-electron chi connectivity index (χ4n) is 1.66. The Balaban J connectivity index is 2.10. The third-order valence-corrected chi connectivity index (χ3v) is 4.52. The van der Waals surface area contributed by atoms with Gasteiger partial charge < -0.3 is 0 Å². The summed E-state index contributed by atoms with van der Waals surface area (Å²) >= 11 is 3.28. The minimum absolute atomic E-state index is 0.0836. The molecule has 0 heterocycles. The number of hydrogen-bond donors (Lipinski definition) is 0. The van der Waals surface area contributed by atoms with Crippen molar-refractivity contribution < 1.29 is 13.9 Å². The maximum Gasteiger partial charge on any atom is 0.269 e. The highest BCUT2D eigenvalue weighted by molar-refractivity contribution is 9.10. The molecule has 108 valence electrons. The summed E-state index contributed by atoms with van der Waals surface area (Å²) in [6.45, 7) is 0. The second kappa shape index (κ2) is 6.73.